The first-order valence-electron chi connectivity index (χ1n) is 7.12. The fourth-order valence-corrected chi connectivity index (χ4v) is 2.27. The molecule has 0 aliphatic rings. The van der Waals surface area contributed by atoms with Gasteiger partial charge in [-0.2, -0.15) is 0 Å². The van der Waals surface area contributed by atoms with E-state index in [1.165, 1.54) is 0 Å². The average Bonchev–Trinajstić information content (AvgIpc) is 2.50. The van der Waals surface area contributed by atoms with Crippen LogP contribution in [0.2, 0.25) is 5.02 Å². The second-order valence-corrected chi connectivity index (χ2v) is 5.69. The van der Waals surface area contributed by atoms with Crippen molar-refractivity contribution in [3.05, 3.63) is 63.9 Å². The van der Waals surface area contributed by atoms with E-state index in [9.17, 15) is 9.90 Å². The molecule has 4 nitrogen and oxygen atoms in total. The summed E-state index contributed by atoms with van der Waals surface area (Å²) in [5.41, 5.74) is 3.04. The number of nitrogens with zero attached hydrogens (tertiary/aromatic N) is 1. The number of hydrogen-bond donors (Lipinski definition) is 2. The predicted octanol–water partition coefficient (Wildman–Crippen LogP) is 3.21. The van der Waals surface area contributed by atoms with Crippen LogP contribution in [0.15, 0.2) is 36.5 Å². The molecule has 1 amide bonds. The van der Waals surface area contributed by atoms with Gasteiger partial charge >= 0.3 is 0 Å². The summed E-state index contributed by atoms with van der Waals surface area (Å²) in [6, 6.07) is 8.81. The number of hydrogen-bond acceptors (Lipinski definition) is 3. The number of nitrogens with one attached hydrogen (secondary N) is 1. The van der Waals surface area contributed by atoms with Crippen LogP contribution in [-0.2, 0) is 0 Å². The van der Waals surface area contributed by atoms with E-state index in [-0.39, 0.29) is 5.91 Å². The van der Waals surface area contributed by atoms with Crippen molar-refractivity contribution in [3.63, 3.8) is 0 Å². The van der Waals surface area contributed by atoms with E-state index in [4.69, 9.17) is 11.6 Å². The molecule has 0 aliphatic heterocycles. The molecule has 0 spiro atoms. The lowest BCUT2D eigenvalue weighted by Crippen LogP contribution is -2.26. The van der Waals surface area contributed by atoms with Crippen LogP contribution in [0.3, 0.4) is 0 Å². The van der Waals surface area contributed by atoms with Gasteiger partial charge in [0.25, 0.3) is 5.91 Å². The largest absolute Gasteiger partial charge is 0.388 e. The molecular formula is C17H19ClN2O2. The minimum absolute atomic E-state index is 0.147. The Morgan fingerprint density at radius 1 is 1.32 bits per heavy atom. The van der Waals surface area contributed by atoms with Crippen LogP contribution < -0.4 is 5.32 Å². The monoisotopic (exact) mass is 318 g/mol. The molecule has 1 aromatic heterocycles. The van der Waals surface area contributed by atoms with Gasteiger partial charge in [-0.25, -0.2) is 0 Å². The molecule has 2 aromatic rings. The third-order valence-corrected chi connectivity index (χ3v) is 3.69. The Hall–Kier alpha value is -1.91. The molecular weight excluding hydrogens is 300 g/mol. The van der Waals surface area contributed by atoms with Crippen molar-refractivity contribution in [1.29, 1.82) is 0 Å². The third kappa shape index (κ3) is 4.29. The number of carbonyl (C=O) groups excluding carboxylic acids is 1. The minimum atomic E-state index is -0.627. The lowest BCUT2D eigenvalue weighted by Gasteiger charge is -2.12. The van der Waals surface area contributed by atoms with Crippen LogP contribution in [-0.4, -0.2) is 22.5 Å². The third-order valence-electron chi connectivity index (χ3n) is 3.44. The fraction of sp³-hybridized carbons (Fsp3) is 0.294. The first kappa shape index (κ1) is 16.5. The van der Waals surface area contributed by atoms with E-state index < -0.39 is 6.10 Å². The minimum Gasteiger partial charge on any atom is -0.388 e. The van der Waals surface area contributed by atoms with Crippen molar-refractivity contribution in [2.75, 3.05) is 6.54 Å². The highest BCUT2D eigenvalue weighted by atomic mass is 35.5. The van der Waals surface area contributed by atoms with E-state index >= 15 is 0 Å². The molecule has 0 saturated heterocycles. The molecule has 0 unspecified atom stereocenters. The molecule has 0 saturated carbocycles. The maximum atomic E-state index is 12.1. The zero-order chi connectivity index (χ0) is 16.1. The molecule has 1 aromatic carbocycles. The second kappa shape index (κ2) is 7.38. The number of aliphatic hydroxyl groups is 1. The second-order valence-electron chi connectivity index (χ2n) is 5.25. The van der Waals surface area contributed by atoms with Crippen molar-refractivity contribution >= 4 is 17.5 Å². The lowest BCUT2D eigenvalue weighted by atomic mass is 10.1. The van der Waals surface area contributed by atoms with Crippen molar-refractivity contribution < 1.29 is 9.90 Å². The first-order valence-corrected chi connectivity index (χ1v) is 7.50. The smallest absolute Gasteiger partial charge is 0.251 e. The van der Waals surface area contributed by atoms with E-state index in [1.807, 2.05) is 13.8 Å². The van der Waals surface area contributed by atoms with E-state index in [0.29, 0.717) is 23.6 Å². The molecule has 0 bridgehead atoms. The van der Waals surface area contributed by atoms with Crippen molar-refractivity contribution in [2.24, 2.45) is 0 Å². The SMILES string of the molecule is Cc1cc(C(=O)NCC[C@H](O)c2ccc(Cl)cc2)c(C)cn1. The normalized spacial score (nSPS) is 12.0. The van der Waals surface area contributed by atoms with Gasteiger partial charge in [-0.05, 0) is 49.6 Å². The lowest BCUT2D eigenvalue weighted by molar-refractivity contribution is 0.0942. The van der Waals surface area contributed by atoms with Crippen LogP contribution in [0.5, 0.6) is 0 Å². The van der Waals surface area contributed by atoms with Gasteiger partial charge in [0.15, 0.2) is 0 Å². The molecule has 0 fully saturated rings. The maximum Gasteiger partial charge on any atom is 0.251 e. The van der Waals surface area contributed by atoms with Crippen molar-refractivity contribution in [1.82, 2.24) is 10.3 Å². The summed E-state index contributed by atoms with van der Waals surface area (Å²) in [6.45, 7) is 4.09. The Bertz CT molecular complexity index is 656. The zero-order valence-corrected chi connectivity index (χ0v) is 13.4. The van der Waals surface area contributed by atoms with Gasteiger partial charge in [0, 0.05) is 29.0 Å². The van der Waals surface area contributed by atoms with Gasteiger partial charge < -0.3 is 10.4 Å². The van der Waals surface area contributed by atoms with Gasteiger partial charge in [0.2, 0.25) is 0 Å². The van der Waals surface area contributed by atoms with Crippen LogP contribution in [0, 0.1) is 13.8 Å². The topological polar surface area (TPSA) is 62.2 Å². The Labute approximate surface area is 135 Å². The number of aliphatic hydroxyl groups excluding tert-OH is 1. The number of amides is 1. The number of benzene rings is 1. The van der Waals surface area contributed by atoms with E-state index in [1.54, 1.807) is 36.5 Å². The molecule has 5 heteroatoms. The average molecular weight is 319 g/mol. The van der Waals surface area contributed by atoms with Gasteiger partial charge in [-0.3, -0.25) is 9.78 Å². The standard InChI is InChI=1S/C17H19ClN2O2/c1-11-10-20-12(2)9-15(11)17(22)19-8-7-16(21)13-3-5-14(18)6-4-13/h3-6,9-10,16,21H,7-8H2,1-2H3,(H,19,22)/t16-/m0/s1. The summed E-state index contributed by atoms with van der Waals surface area (Å²) in [5.74, 6) is -0.147. The maximum absolute atomic E-state index is 12.1. The Morgan fingerprint density at radius 2 is 2.00 bits per heavy atom. The number of pyridine rings is 1. The number of rotatable bonds is 5. The van der Waals surface area contributed by atoms with E-state index in [2.05, 4.69) is 10.3 Å². The van der Waals surface area contributed by atoms with E-state index in [0.717, 1.165) is 16.8 Å². The summed E-state index contributed by atoms with van der Waals surface area (Å²) in [7, 11) is 0. The Kier molecular flexibility index (Phi) is 5.52. The van der Waals surface area contributed by atoms with Crippen molar-refractivity contribution in [3.8, 4) is 0 Å². The number of carbonyl (C=O) groups is 1. The number of halogens is 1. The van der Waals surface area contributed by atoms with Gasteiger partial charge in [0.1, 0.15) is 0 Å². The van der Waals surface area contributed by atoms with Crippen LogP contribution >= 0.6 is 11.6 Å². The van der Waals surface area contributed by atoms with Crippen LogP contribution in [0.25, 0.3) is 0 Å². The number of aromatic nitrogens is 1. The highest BCUT2D eigenvalue weighted by Gasteiger charge is 2.11. The zero-order valence-electron chi connectivity index (χ0n) is 12.6. The molecule has 22 heavy (non-hydrogen) atoms. The molecule has 2 rings (SSSR count). The predicted molar refractivity (Wildman–Crippen MR) is 87.1 cm³/mol. The highest BCUT2D eigenvalue weighted by Crippen LogP contribution is 2.18. The molecule has 116 valence electrons. The molecule has 0 radical (unpaired) electrons. The summed E-state index contributed by atoms with van der Waals surface area (Å²) in [4.78, 5) is 16.3. The van der Waals surface area contributed by atoms with Crippen LogP contribution in [0.4, 0.5) is 0 Å². The quantitative estimate of drug-likeness (QED) is 0.890. The van der Waals surface area contributed by atoms with Gasteiger partial charge in [-0.15, -0.1) is 0 Å². The molecule has 2 N–H and O–H groups in total. The van der Waals surface area contributed by atoms with Gasteiger partial charge in [0.05, 0.1) is 6.10 Å². The summed E-state index contributed by atoms with van der Waals surface area (Å²) in [5, 5.41) is 13.5. The highest BCUT2D eigenvalue weighted by molar-refractivity contribution is 6.30. The molecule has 0 aliphatic carbocycles. The summed E-state index contributed by atoms with van der Waals surface area (Å²) < 4.78 is 0. The Balaban J connectivity index is 1.89. The first-order chi connectivity index (χ1) is 10.5. The van der Waals surface area contributed by atoms with Gasteiger partial charge in [-0.1, -0.05) is 23.7 Å². The fourth-order valence-electron chi connectivity index (χ4n) is 2.14. The van der Waals surface area contributed by atoms with Crippen LogP contribution in [0.1, 0.15) is 39.7 Å². The molecule has 1 heterocycles. The molecule has 1 atom stereocenters. The number of aryl methyl sites for hydroxylation is 2. The summed E-state index contributed by atoms with van der Waals surface area (Å²) in [6.07, 6.45) is 1.50. The summed E-state index contributed by atoms with van der Waals surface area (Å²) >= 11 is 5.81. The van der Waals surface area contributed by atoms with Crippen molar-refractivity contribution in [2.45, 2.75) is 26.4 Å². The Morgan fingerprint density at radius 3 is 2.68 bits per heavy atom.